The van der Waals surface area contributed by atoms with Crippen molar-refractivity contribution in [2.75, 3.05) is 39.5 Å². The van der Waals surface area contributed by atoms with Crippen LogP contribution in [0.2, 0.25) is 0 Å². The van der Waals surface area contributed by atoms with E-state index in [0.29, 0.717) is 50.0 Å². The standard InChI is InChI=1S/C14H17NO5/c16-9-11-8-15(3-4-18-11)14(17)10-1-2-12-13(7-10)20-6-5-19-12/h1-2,7,11,16H,3-6,8-9H2. The Balaban J connectivity index is 1.76. The van der Waals surface area contributed by atoms with Gasteiger partial charge >= 0.3 is 0 Å². The number of ether oxygens (including phenoxy) is 3. The van der Waals surface area contributed by atoms with Crippen molar-refractivity contribution < 1.29 is 24.1 Å². The lowest BCUT2D eigenvalue weighted by atomic mass is 10.1. The largest absolute Gasteiger partial charge is 0.486 e. The van der Waals surface area contributed by atoms with Crippen molar-refractivity contribution in [3.63, 3.8) is 0 Å². The van der Waals surface area contributed by atoms with Crippen molar-refractivity contribution >= 4 is 5.91 Å². The molecule has 1 fully saturated rings. The van der Waals surface area contributed by atoms with Gasteiger partial charge < -0.3 is 24.2 Å². The van der Waals surface area contributed by atoms with Gasteiger partial charge in [-0.15, -0.1) is 0 Å². The second kappa shape index (κ2) is 5.68. The van der Waals surface area contributed by atoms with Crippen molar-refractivity contribution in [3.8, 4) is 11.5 Å². The summed E-state index contributed by atoms with van der Waals surface area (Å²) in [5, 5.41) is 9.12. The van der Waals surface area contributed by atoms with E-state index in [4.69, 9.17) is 19.3 Å². The van der Waals surface area contributed by atoms with Crippen LogP contribution in [-0.4, -0.2) is 61.5 Å². The molecule has 20 heavy (non-hydrogen) atoms. The van der Waals surface area contributed by atoms with Crippen molar-refractivity contribution in [2.24, 2.45) is 0 Å². The van der Waals surface area contributed by atoms with Gasteiger partial charge in [-0.2, -0.15) is 0 Å². The predicted octanol–water partition coefficient (Wildman–Crippen LogP) is 0.291. The molecule has 6 nitrogen and oxygen atoms in total. The fourth-order valence-corrected chi connectivity index (χ4v) is 2.37. The molecule has 1 N–H and O–H groups in total. The number of carbonyl (C=O) groups is 1. The van der Waals surface area contributed by atoms with E-state index in [2.05, 4.69) is 0 Å². The third kappa shape index (κ3) is 2.57. The van der Waals surface area contributed by atoms with Crippen LogP contribution in [0.25, 0.3) is 0 Å². The van der Waals surface area contributed by atoms with Crippen LogP contribution in [0, 0.1) is 0 Å². The molecule has 0 saturated carbocycles. The van der Waals surface area contributed by atoms with Crippen LogP contribution in [0.4, 0.5) is 0 Å². The van der Waals surface area contributed by atoms with Crippen LogP contribution in [0.1, 0.15) is 10.4 Å². The number of benzene rings is 1. The lowest BCUT2D eigenvalue weighted by Gasteiger charge is -2.32. The highest BCUT2D eigenvalue weighted by Crippen LogP contribution is 2.31. The molecule has 6 heteroatoms. The summed E-state index contributed by atoms with van der Waals surface area (Å²) in [6.45, 7) is 2.33. The highest BCUT2D eigenvalue weighted by atomic mass is 16.6. The van der Waals surface area contributed by atoms with Crippen LogP contribution in [-0.2, 0) is 4.74 Å². The number of rotatable bonds is 2. The third-order valence-corrected chi connectivity index (χ3v) is 3.42. The quantitative estimate of drug-likeness (QED) is 0.843. The van der Waals surface area contributed by atoms with E-state index in [1.807, 2.05) is 0 Å². The van der Waals surface area contributed by atoms with Crippen LogP contribution < -0.4 is 9.47 Å². The molecule has 1 aromatic carbocycles. The Morgan fingerprint density at radius 2 is 2.05 bits per heavy atom. The summed E-state index contributed by atoms with van der Waals surface area (Å²) in [7, 11) is 0. The zero-order valence-corrected chi connectivity index (χ0v) is 11.1. The van der Waals surface area contributed by atoms with Gasteiger partial charge in [0.1, 0.15) is 13.2 Å². The normalized spacial score (nSPS) is 21.6. The van der Waals surface area contributed by atoms with E-state index in [0.717, 1.165) is 0 Å². The monoisotopic (exact) mass is 279 g/mol. The summed E-state index contributed by atoms with van der Waals surface area (Å²) in [6, 6.07) is 5.20. The number of fused-ring (bicyclic) bond motifs is 1. The third-order valence-electron chi connectivity index (χ3n) is 3.42. The van der Waals surface area contributed by atoms with Gasteiger partial charge in [-0.3, -0.25) is 4.79 Å². The molecule has 2 aliphatic rings. The highest BCUT2D eigenvalue weighted by molar-refractivity contribution is 5.95. The lowest BCUT2D eigenvalue weighted by molar-refractivity contribution is -0.0447. The van der Waals surface area contributed by atoms with Crippen molar-refractivity contribution in [3.05, 3.63) is 23.8 Å². The minimum atomic E-state index is -0.301. The van der Waals surface area contributed by atoms with E-state index >= 15 is 0 Å². The molecule has 1 aromatic rings. The van der Waals surface area contributed by atoms with E-state index in [1.165, 1.54) is 0 Å². The van der Waals surface area contributed by atoms with Gasteiger partial charge in [0.2, 0.25) is 0 Å². The number of nitrogens with zero attached hydrogens (tertiary/aromatic N) is 1. The first-order chi connectivity index (χ1) is 9.78. The zero-order chi connectivity index (χ0) is 13.9. The van der Waals surface area contributed by atoms with Gasteiger partial charge in [-0.25, -0.2) is 0 Å². The summed E-state index contributed by atoms with van der Waals surface area (Å²) in [6.07, 6.45) is -0.301. The molecule has 108 valence electrons. The van der Waals surface area contributed by atoms with Crippen LogP contribution in [0.5, 0.6) is 11.5 Å². The molecular weight excluding hydrogens is 262 g/mol. The molecule has 2 heterocycles. The van der Waals surface area contributed by atoms with Crippen molar-refractivity contribution in [1.82, 2.24) is 4.90 Å². The van der Waals surface area contributed by atoms with Gasteiger partial charge in [0, 0.05) is 18.7 Å². The van der Waals surface area contributed by atoms with E-state index in [-0.39, 0.29) is 18.6 Å². The number of hydrogen-bond donors (Lipinski definition) is 1. The summed E-state index contributed by atoms with van der Waals surface area (Å²) in [4.78, 5) is 14.1. The van der Waals surface area contributed by atoms with Gasteiger partial charge in [0.15, 0.2) is 11.5 Å². The number of amides is 1. The van der Waals surface area contributed by atoms with Crippen LogP contribution >= 0.6 is 0 Å². The van der Waals surface area contributed by atoms with Crippen molar-refractivity contribution in [1.29, 1.82) is 0 Å². The Morgan fingerprint density at radius 1 is 1.25 bits per heavy atom. The van der Waals surface area contributed by atoms with Gasteiger partial charge in [-0.05, 0) is 18.2 Å². The SMILES string of the molecule is O=C(c1ccc2c(c1)OCCO2)N1CCOC(CO)C1. The van der Waals surface area contributed by atoms with E-state index in [9.17, 15) is 4.79 Å². The fourth-order valence-electron chi connectivity index (χ4n) is 2.37. The summed E-state index contributed by atoms with van der Waals surface area (Å²) >= 11 is 0. The Hall–Kier alpha value is -1.79. The molecule has 1 unspecified atom stereocenters. The number of morpholine rings is 1. The summed E-state index contributed by atoms with van der Waals surface area (Å²) < 4.78 is 16.3. The molecule has 1 saturated heterocycles. The molecule has 3 rings (SSSR count). The van der Waals surface area contributed by atoms with E-state index < -0.39 is 0 Å². The molecule has 2 aliphatic heterocycles. The number of aliphatic hydroxyl groups is 1. The average Bonchev–Trinajstić information content (AvgIpc) is 2.53. The first kappa shape index (κ1) is 13.2. The highest BCUT2D eigenvalue weighted by Gasteiger charge is 2.25. The topological polar surface area (TPSA) is 68.2 Å². The van der Waals surface area contributed by atoms with Crippen molar-refractivity contribution in [2.45, 2.75) is 6.10 Å². The maximum atomic E-state index is 12.4. The second-order valence-corrected chi connectivity index (χ2v) is 4.78. The average molecular weight is 279 g/mol. The first-order valence-electron chi connectivity index (χ1n) is 6.69. The number of carbonyl (C=O) groups excluding carboxylic acids is 1. The molecule has 0 radical (unpaired) electrons. The van der Waals surface area contributed by atoms with E-state index in [1.54, 1.807) is 23.1 Å². The Labute approximate surface area is 116 Å². The van der Waals surface area contributed by atoms with Gasteiger partial charge in [0.25, 0.3) is 5.91 Å². The lowest BCUT2D eigenvalue weighted by Crippen LogP contribution is -2.46. The van der Waals surface area contributed by atoms with Gasteiger partial charge in [-0.1, -0.05) is 0 Å². The first-order valence-corrected chi connectivity index (χ1v) is 6.69. The maximum Gasteiger partial charge on any atom is 0.254 e. The summed E-state index contributed by atoms with van der Waals surface area (Å²) in [5.74, 6) is 1.20. The Bertz CT molecular complexity index is 504. The second-order valence-electron chi connectivity index (χ2n) is 4.78. The molecule has 1 atom stereocenters. The molecule has 1 amide bonds. The van der Waals surface area contributed by atoms with Crippen LogP contribution in [0.15, 0.2) is 18.2 Å². The number of hydrogen-bond acceptors (Lipinski definition) is 5. The molecule has 0 bridgehead atoms. The summed E-state index contributed by atoms with van der Waals surface area (Å²) in [5.41, 5.74) is 0.563. The molecule has 0 aromatic heterocycles. The minimum Gasteiger partial charge on any atom is -0.486 e. The smallest absolute Gasteiger partial charge is 0.254 e. The number of aliphatic hydroxyl groups excluding tert-OH is 1. The van der Waals surface area contributed by atoms with Crippen LogP contribution in [0.3, 0.4) is 0 Å². The fraction of sp³-hybridized carbons (Fsp3) is 0.500. The maximum absolute atomic E-state index is 12.4. The molecular formula is C14H17NO5. The molecule has 0 spiro atoms. The predicted molar refractivity (Wildman–Crippen MR) is 70.2 cm³/mol. The Morgan fingerprint density at radius 3 is 2.85 bits per heavy atom. The zero-order valence-electron chi connectivity index (χ0n) is 11.1. The van der Waals surface area contributed by atoms with Gasteiger partial charge in [0.05, 0.1) is 19.3 Å². The Kier molecular flexibility index (Phi) is 3.75. The molecule has 0 aliphatic carbocycles. The minimum absolute atomic E-state index is 0.0785.